The second kappa shape index (κ2) is 8.65. The minimum atomic E-state index is -0.859. The number of nitrogens with zero attached hydrogens (tertiary/aromatic N) is 3. The summed E-state index contributed by atoms with van der Waals surface area (Å²) in [5.41, 5.74) is -0.536. The van der Waals surface area contributed by atoms with Gasteiger partial charge in [-0.05, 0) is 46.2 Å². The molecule has 4 rings (SSSR count). The van der Waals surface area contributed by atoms with Gasteiger partial charge in [0.15, 0.2) is 5.72 Å². The number of hydrogen-bond acceptors (Lipinski definition) is 6. The number of amides is 2. The average molecular weight is 445 g/mol. The number of benzene rings is 1. The SMILES string of the molecule is CNCC12CN(C(=O)OC(C)(C)C)CC(=O)N1CC1(CCN(Cc3ccccc3)CC1)O2. The van der Waals surface area contributed by atoms with Crippen molar-refractivity contribution in [2.45, 2.75) is 57.1 Å². The first-order valence-corrected chi connectivity index (χ1v) is 11.5. The van der Waals surface area contributed by atoms with Gasteiger partial charge in [0, 0.05) is 26.2 Å². The van der Waals surface area contributed by atoms with Crippen molar-refractivity contribution in [2.24, 2.45) is 0 Å². The van der Waals surface area contributed by atoms with Crippen molar-refractivity contribution in [3.8, 4) is 0 Å². The van der Waals surface area contributed by atoms with E-state index in [2.05, 4.69) is 34.5 Å². The maximum atomic E-state index is 13.1. The first-order chi connectivity index (χ1) is 15.1. The van der Waals surface area contributed by atoms with Crippen LogP contribution in [0.4, 0.5) is 4.79 Å². The Bertz CT molecular complexity index is 832. The van der Waals surface area contributed by atoms with Gasteiger partial charge in [0.2, 0.25) is 5.91 Å². The molecule has 3 heterocycles. The van der Waals surface area contributed by atoms with E-state index in [1.54, 1.807) is 0 Å². The molecule has 176 valence electrons. The molecule has 8 heteroatoms. The van der Waals surface area contributed by atoms with E-state index in [0.29, 0.717) is 19.6 Å². The number of fused-ring (bicyclic) bond motifs is 1. The Morgan fingerprint density at radius 3 is 2.47 bits per heavy atom. The number of carbonyl (C=O) groups is 2. The molecular weight excluding hydrogens is 408 g/mol. The Morgan fingerprint density at radius 1 is 1.16 bits per heavy atom. The minimum Gasteiger partial charge on any atom is -0.444 e. The molecule has 3 aliphatic rings. The highest BCUT2D eigenvalue weighted by Crippen LogP contribution is 2.43. The number of carbonyl (C=O) groups excluding carboxylic acids is 2. The highest BCUT2D eigenvalue weighted by Gasteiger charge is 2.59. The molecule has 0 aliphatic carbocycles. The molecule has 0 aromatic heterocycles. The molecule has 32 heavy (non-hydrogen) atoms. The molecule has 1 unspecified atom stereocenters. The van der Waals surface area contributed by atoms with Gasteiger partial charge in [0.25, 0.3) is 0 Å². The molecule has 1 N–H and O–H groups in total. The maximum Gasteiger partial charge on any atom is 0.410 e. The Balaban J connectivity index is 1.46. The number of hydrogen-bond donors (Lipinski definition) is 1. The summed E-state index contributed by atoms with van der Waals surface area (Å²) in [4.78, 5) is 31.6. The highest BCUT2D eigenvalue weighted by atomic mass is 16.6. The van der Waals surface area contributed by atoms with E-state index in [1.807, 2.05) is 38.8 Å². The molecule has 3 saturated heterocycles. The topological polar surface area (TPSA) is 74.4 Å². The van der Waals surface area contributed by atoms with Gasteiger partial charge >= 0.3 is 6.09 Å². The van der Waals surface area contributed by atoms with Gasteiger partial charge in [-0.1, -0.05) is 30.3 Å². The van der Waals surface area contributed by atoms with Crippen molar-refractivity contribution in [3.05, 3.63) is 35.9 Å². The lowest BCUT2D eigenvalue weighted by Gasteiger charge is -2.45. The van der Waals surface area contributed by atoms with Crippen molar-refractivity contribution >= 4 is 12.0 Å². The van der Waals surface area contributed by atoms with Crippen molar-refractivity contribution < 1.29 is 19.1 Å². The smallest absolute Gasteiger partial charge is 0.410 e. The predicted molar refractivity (Wildman–Crippen MR) is 121 cm³/mol. The summed E-state index contributed by atoms with van der Waals surface area (Å²) in [6, 6.07) is 10.5. The van der Waals surface area contributed by atoms with Crippen LogP contribution in [-0.2, 0) is 20.8 Å². The monoisotopic (exact) mass is 444 g/mol. The van der Waals surface area contributed by atoms with Crippen LogP contribution in [0, 0.1) is 0 Å². The fourth-order valence-corrected chi connectivity index (χ4v) is 5.10. The number of piperazine rings is 1. The average Bonchev–Trinajstić information content (AvgIpc) is 3.04. The summed E-state index contributed by atoms with van der Waals surface area (Å²) in [6.45, 7) is 9.63. The molecule has 0 radical (unpaired) electrons. The molecule has 2 amide bonds. The largest absolute Gasteiger partial charge is 0.444 e. The third-order valence-electron chi connectivity index (χ3n) is 6.53. The van der Waals surface area contributed by atoms with Crippen LogP contribution < -0.4 is 5.32 Å². The van der Waals surface area contributed by atoms with E-state index >= 15 is 0 Å². The van der Waals surface area contributed by atoms with Crippen LogP contribution in [0.15, 0.2) is 30.3 Å². The second-order valence-electron chi connectivity index (χ2n) is 10.3. The van der Waals surface area contributed by atoms with Gasteiger partial charge in [0.05, 0.1) is 18.7 Å². The Hall–Kier alpha value is -2.16. The van der Waals surface area contributed by atoms with E-state index in [1.165, 1.54) is 10.5 Å². The van der Waals surface area contributed by atoms with Gasteiger partial charge in [-0.25, -0.2) is 4.79 Å². The van der Waals surface area contributed by atoms with E-state index in [4.69, 9.17) is 9.47 Å². The summed E-state index contributed by atoms with van der Waals surface area (Å²) < 4.78 is 12.3. The summed E-state index contributed by atoms with van der Waals surface area (Å²) >= 11 is 0. The van der Waals surface area contributed by atoms with Crippen LogP contribution >= 0.6 is 0 Å². The van der Waals surface area contributed by atoms with Gasteiger partial charge in [-0.3, -0.25) is 14.6 Å². The van der Waals surface area contributed by atoms with Gasteiger partial charge in [-0.2, -0.15) is 0 Å². The summed E-state index contributed by atoms with van der Waals surface area (Å²) in [7, 11) is 1.85. The minimum absolute atomic E-state index is 0.0277. The Labute approximate surface area is 190 Å². The summed E-state index contributed by atoms with van der Waals surface area (Å²) in [5.74, 6) is -0.0825. The van der Waals surface area contributed by atoms with Crippen LogP contribution in [0.25, 0.3) is 0 Å². The van der Waals surface area contributed by atoms with E-state index in [0.717, 1.165) is 32.5 Å². The number of likely N-dealkylation sites (N-methyl/N-ethyl adjacent to an activating group) is 1. The van der Waals surface area contributed by atoms with Crippen LogP contribution in [0.2, 0.25) is 0 Å². The van der Waals surface area contributed by atoms with Crippen molar-refractivity contribution in [1.82, 2.24) is 20.0 Å². The van der Waals surface area contributed by atoms with E-state index in [9.17, 15) is 9.59 Å². The molecule has 3 aliphatic heterocycles. The lowest BCUT2D eigenvalue weighted by molar-refractivity contribution is -0.184. The fourth-order valence-electron chi connectivity index (χ4n) is 5.10. The van der Waals surface area contributed by atoms with Crippen LogP contribution in [0.5, 0.6) is 0 Å². The lowest BCUT2D eigenvalue weighted by Crippen LogP contribution is -2.67. The molecule has 1 spiro atoms. The third-order valence-corrected chi connectivity index (χ3v) is 6.53. The lowest BCUT2D eigenvalue weighted by atomic mass is 9.91. The van der Waals surface area contributed by atoms with E-state index in [-0.39, 0.29) is 18.1 Å². The number of likely N-dealkylation sites (tertiary alicyclic amines) is 1. The van der Waals surface area contributed by atoms with Crippen LogP contribution in [0.1, 0.15) is 39.2 Å². The highest BCUT2D eigenvalue weighted by molar-refractivity contribution is 5.85. The molecular formula is C24H36N4O4. The molecule has 1 aromatic rings. The standard InChI is InChI=1S/C24H36N4O4/c1-22(2,3)31-21(30)27-15-20(29)28-17-23(32-24(28,18-27)16-25-4)10-12-26(13-11-23)14-19-8-6-5-7-9-19/h5-9,25H,10-18H2,1-4H3. The van der Waals surface area contributed by atoms with E-state index < -0.39 is 17.4 Å². The Morgan fingerprint density at radius 2 is 1.84 bits per heavy atom. The van der Waals surface area contributed by atoms with Gasteiger partial charge in [-0.15, -0.1) is 0 Å². The zero-order chi connectivity index (χ0) is 23.0. The molecule has 8 nitrogen and oxygen atoms in total. The number of nitrogens with one attached hydrogen (secondary N) is 1. The molecule has 1 aromatic carbocycles. The Kier molecular flexibility index (Phi) is 6.22. The number of rotatable bonds is 4. The number of piperidine rings is 1. The zero-order valence-corrected chi connectivity index (χ0v) is 19.7. The first-order valence-electron chi connectivity index (χ1n) is 11.5. The van der Waals surface area contributed by atoms with Crippen LogP contribution in [-0.4, -0.2) is 89.9 Å². The quantitative estimate of drug-likeness (QED) is 0.766. The first kappa shape index (κ1) is 23.0. The van der Waals surface area contributed by atoms with Crippen molar-refractivity contribution in [2.75, 3.05) is 46.3 Å². The second-order valence-corrected chi connectivity index (χ2v) is 10.3. The van der Waals surface area contributed by atoms with Crippen LogP contribution in [0.3, 0.4) is 0 Å². The predicted octanol–water partition coefficient (Wildman–Crippen LogP) is 2.05. The summed E-state index contributed by atoms with van der Waals surface area (Å²) in [5, 5.41) is 3.18. The number of ether oxygens (including phenoxy) is 2. The zero-order valence-electron chi connectivity index (χ0n) is 19.7. The maximum absolute atomic E-state index is 13.1. The third kappa shape index (κ3) is 4.77. The molecule has 0 saturated carbocycles. The van der Waals surface area contributed by atoms with Gasteiger partial charge in [0.1, 0.15) is 12.1 Å². The summed E-state index contributed by atoms with van der Waals surface area (Å²) in [6.07, 6.45) is 1.26. The molecule has 3 fully saturated rings. The normalized spacial score (nSPS) is 25.8. The fraction of sp³-hybridized carbons (Fsp3) is 0.667. The molecule has 1 atom stereocenters. The molecule has 0 bridgehead atoms. The van der Waals surface area contributed by atoms with Crippen molar-refractivity contribution in [1.29, 1.82) is 0 Å². The van der Waals surface area contributed by atoms with Gasteiger partial charge < -0.3 is 19.7 Å². The van der Waals surface area contributed by atoms with Crippen molar-refractivity contribution in [3.63, 3.8) is 0 Å².